The largest absolute Gasteiger partial charge is 0.462 e. The van der Waals surface area contributed by atoms with Crippen molar-refractivity contribution in [2.45, 2.75) is 277 Å². The Labute approximate surface area is 348 Å². The summed E-state index contributed by atoms with van der Waals surface area (Å²) < 4.78 is 16.7. The van der Waals surface area contributed by atoms with Crippen molar-refractivity contribution in [3.05, 3.63) is 12.2 Å². The van der Waals surface area contributed by atoms with E-state index in [0.717, 1.165) is 64.2 Å². The van der Waals surface area contributed by atoms with Crippen LogP contribution in [-0.4, -0.2) is 37.2 Å². The van der Waals surface area contributed by atoms with Crippen LogP contribution in [0.4, 0.5) is 0 Å². The molecule has 0 aromatic heterocycles. The summed E-state index contributed by atoms with van der Waals surface area (Å²) in [4.78, 5) is 37.7. The molecule has 0 saturated carbocycles. The minimum atomic E-state index is -0.764. The number of rotatable bonds is 45. The summed E-state index contributed by atoms with van der Waals surface area (Å²) in [5.41, 5.74) is 0. The molecule has 0 aromatic carbocycles. The quantitative estimate of drug-likeness (QED) is 0.0264. The molecule has 0 fully saturated rings. The fourth-order valence-electron chi connectivity index (χ4n) is 7.26. The van der Waals surface area contributed by atoms with Gasteiger partial charge in [0.2, 0.25) is 0 Å². The first-order chi connectivity index (χ1) is 27.5. The number of hydrogen-bond acceptors (Lipinski definition) is 6. The lowest BCUT2D eigenvalue weighted by molar-refractivity contribution is -0.167. The molecule has 0 bridgehead atoms. The molecular formula is C50H94O6. The smallest absolute Gasteiger partial charge is 0.306 e. The first kappa shape index (κ1) is 54.2. The van der Waals surface area contributed by atoms with Crippen molar-refractivity contribution in [1.29, 1.82) is 0 Å². The molecule has 0 spiro atoms. The van der Waals surface area contributed by atoms with Gasteiger partial charge in [-0.2, -0.15) is 0 Å². The second-order valence-corrected chi connectivity index (χ2v) is 16.7. The lowest BCUT2D eigenvalue weighted by Gasteiger charge is -2.18. The molecule has 0 aliphatic heterocycles. The van der Waals surface area contributed by atoms with Crippen molar-refractivity contribution < 1.29 is 28.6 Å². The SMILES string of the molecule is CCCCCCCCCCC/C=C\CCCCCCCC(=O)OCC(COC(=O)CCCCCCCCCCC)OC(=O)CCCCCCCCCCCCC. The van der Waals surface area contributed by atoms with E-state index in [-0.39, 0.29) is 31.1 Å². The van der Waals surface area contributed by atoms with Gasteiger partial charge in [0.1, 0.15) is 13.2 Å². The van der Waals surface area contributed by atoms with Crippen LogP contribution in [0.3, 0.4) is 0 Å². The molecule has 0 N–H and O–H groups in total. The fourth-order valence-corrected chi connectivity index (χ4v) is 7.26. The standard InChI is InChI=1S/C50H94O6/c1-4-7-10-13-16-19-21-22-23-24-25-26-27-29-31-34-37-40-43-49(52)55-46-47(45-54-48(51)42-39-36-33-30-18-15-12-9-6-3)56-50(53)44-41-38-35-32-28-20-17-14-11-8-5-2/h25-26,47H,4-24,27-46H2,1-3H3/b26-25-. The van der Waals surface area contributed by atoms with Gasteiger partial charge in [-0.3, -0.25) is 14.4 Å². The highest BCUT2D eigenvalue weighted by Gasteiger charge is 2.19. The minimum Gasteiger partial charge on any atom is -0.462 e. The Hall–Kier alpha value is -1.85. The Kier molecular flexibility index (Phi) is 44.3. The number of allylic oxidation sites excluding steroid dienone is 2. The van der Waals surface area contributed by atoms with E-state index >= 15 is 0 Å². The number of ether oxygens (including phenoxy) is 3. The van der Waals surface area contributed by atoms with Crippen molar-refractivity contribution in [2.24, 2.45) is 0 Å². The maximum Gasteiger partial charge on any atom is 0.306 e. The normalized spacial score (nSPS) is 12.0. The first-order valence-corrected chi connectivity index (χ1v) is 24.7. The van der Waals surface area contributed by atoms with Gasteiger partial charge in [-0.15, -0.1) is 0 Å². The monoisotopic (exact) mass is 791 g/mol. The maximum atomic E-state index is 12.7. The van der Waals surface area contributed by atoms with E-state index in [4.69, 9.17) is 14.2 Å². The Balaban J connectivity index is 4.26. The molecule has 56 heavy (non-hydrogen) atoms. The lowest BCUT2D eigenvalue weighted by atomic mass is 10.1. The van der Waals surface area contributed by atoms with Crippen LogP contribution in [-0.2, 0) is 28.6 Å². The van der Waals surface area contributed by atoms with E-state index in [9.17, 15) is 14.4 Å². The second kappa shape index (κ2) is 45.8. The zero-order valence-corrected chi connectivity index (χ0v) is 37.7. The summed E-state index contributed by atoms with van der Waals surface area (Å²) in [6.07, 6.45) is 49.1. The molecule has 0 aliphatic carbocycles. The molecule has 0 aliphatic rings. The molecule has 0 amide bonds. The van der Waals surface area contributed by atoms with Gasteiger partial charge < -0.3 is 14.2 Å². The fraction of sp³-hybridized carbons (Fsp3) is 0.900. The third kappa shape index (κ3) is 43.3. The average molecular weight is 791 g/mol. The van der Waals surface area contributed by atoms with Gasteiger partial charge in [0.15, 0.2) is 6.10 Å². The van der Waals surface area contributed by atoms with Crippen LogP contribution in [0.2, 0.25) is 0 Å². The van der Waals surface area contributed by atoms with E-state index in [2.05, 4.69) is 32.9 Å². The second-order valence-electron chi connectivity index (χ2n) is 16.7. The van der Waals surface area contributed by atoms with Crippen molar-refractivity contribution in [3.8, 4) is 0 Å². The Bertz CT molecular complexity index is 870. The van der Waals surface area contributed by atoms with E-state index in [1.165, 1.54) is 167 Å². The van der Waals surface area contributed by atoms with Crippen molar-refractivity contribution >= 4 is 17.9 Å². The molecule has 6 heteroatoms. The highest BCUT2D eigenvalue weighted by Crippen LogP contribution is 2.15. The topological polar surface area (TPSA) is 78.9 Å². The van der Waals surface area contributed by atoms with Crippen molar-refractivity contribution in [3.63, 3.8) is 0 Å². The van der Waals surface area contributed by atoms with Gasteiger partial charge >= 0.3 is 17.9 Å². The minimum absolute atomic E-state index is 0.0683. The number of unbranched alkanes of at least 4 members (excludes halogenated alkanes) is 32. The van der Waals surface area contributed by atoms with Crippen LogP contribution in [0, 0.1) is 0 Å². The highest BCUT2D eigenvalue weighted by atomic mass is 16.6. The van der Waals surface area contributed by atoms with Crippen LogP contribution in [0.1, 0.15) is 271 Å². The number of carbonyl (C=O) groups is 3. The van der Waals surface area contributed by atoms with Crippen molar-refractivity contribution in [2.75, 3.05) is 13.2 Å². The number of carbonyl (C=O) groups excluding carboxylic acids is 3. The predicted octanol–water partition coefficient (Wildman–Crippen LogP) is 15.8. The van der Waals surface area contributed by atoms with Gasteiger partial charge in [-0.05, 0) is 44.9 Å². The first-order valence-electron chi connectivity index (χ1n) is 24.7. The number of hydrogen-bond donors (Lipinski definition) is 0. The Morgan fingerprint density at radius 1 is 0.339 bits per heavy atom. The molecule has 0 radical (unpaired) electrons. The summed E-state index contributed by atoms with van der Waals surface area (Å²) >= 11 is 0. The van der Waals surface area contributed by atoms with Gasteiger partial charge in [0.25, 0.3) is 0 Å². The molecule has 1 atom stereocenters. The number of esters is 3. The van der Waals surface area contributed by atoms with E-state index in [1.54, 1.807) is 0 Å². The molecule has 0 rings (SSSR count). The predicted molar refractivity (Wildman–Crippen MR) is 238 cm³/mol. The van der Waals surface area contributed by atoms with E-state index in [1.807, 2.05) is 0 Å². The zero-order chi connectivity index (χ0) is 40.8. The third-order valence-electron chi connectivity index (χ3n) is 11.0. The summed E-state index contributed by atoms with van der Waals surface area (Å²) in [5, 5.41) is 0. The van der Waals surface area contributed by atoms with Gasteiger partial charge in [0, 0.05) is 19.3 Å². The van der Waals surface area contributed by atoms with Crippen LogP contribution < -0.4 is 0 Å². The van der Waals surface area contributed by atoms with E-state index < -0.39 is 6.10 Å². The maximum absolute atomic E-state index is 12.7. The Morgan fingerprint density at radius 2 is 0.589 bits per heavy atom. The zero-order valence-electron chi connectivity index (χ0n) is 37.7. The Morgan fingerprint density at radius 3 is 0.893 bits per heavy atom. The molecule has 0 aromatic rings. The molecular weight excluding hydrogens is 697 g/mol. The van der Waals surface area contributed by atoms with Gasteiger partial charge in [0.05, 0.1) is 0 Å². The molecule has 330 valence electrons. The van der Waals surface area contributed by atoms with Gasteiger partial charge in [-0.25, -0.2) is 0 Å². The summed E-state index contributed by atoms with van der Waals surface area (Å²) in [7, 11) is 0. The van der Waals surface area contributed by atoms with Crippen molar-refractivity contribution in [1.82, 2.24) is 0 Å². The molecule has 1 unspecified atom stereocenters. The molecule has 0 heterocycles. The van der Waals surface area contributed by atoms with E-state index in [0.29, 0.717) is 19.3 Å². The van der Waals surface area contributed by atoms with Crippen LogP contribution in [0.5, 0.6) is 0 Å². The summed E-state index contributed by atoms with van der Waals surface area (Å²) in [6.45, 7) is 6.63. The average Bonchev–Trinajstić information content (AvgIpc) is 3.19. The lowest BCUT2D eigenvalue weighted by Crippen LogP contribution is -2.30. The third-order valence-corrected chi connectivity index (χ3v) is 11.0. The van der Waals surface area contributed by atoms with Crippen LogP contribution in [0.25, 0.3) is 0 Å². The van der Waals surface area contributed by atoms with Crippen LogP contribution >= 0.6 is 0 Å². The molecule has 0 saturated heterocycles. The highest BCUT2D eigenvalue weighted by molar-refractivity contribution is 5.71. The molecule has 6 nitrogen and oxygen atoms in total. The van der Waals surface area contributed by atoms with Crippen LogP contribution in [0.15, 0.2) is 12.2 Å². The van der Waals surface area contributed by atoms with Gasteiger partial charge in [-0.1, -0.05) is 219 Å². The summed E-state index contributed by atoms with van der Waals surface area (Å²) in [5.74, 6) is -0.868. The summed E-state index contributed by atoms with van der Waals surface area (Å²) in [6, 6.07) is 0.